The molecule has 11 rings (SSSR count). The molecule has 4 aliphatic heterocycles. The molecular formula is C66H86BN13O11. The number of aromatic nitrogens is 7. The third-order valence-electron chi connectivity index (χ3n) is 18.5. The predicted molar refractivity (Wildman–Crippen MR) is 345 cm³/mol. The van der Waals surface area contributed by atoms with Crippen LogP contribution in [0.3, 0.4) is 0 Å². The lowest BCUT2D eigenvalue weighted by Crippen LogP contribution is -2.51. The number of pyridine rings is 1. The van der Waals surface area contributed by atoms with E-state index in [9.17, 15) is 28.8 Å². The number of methoxy groups -OCH3 is 3. The van der Waals surface area contributed by atoms with Gasteiger partial charge in [-0.3, -0.25) is 19.4 Å². The summed E-state index contributed by atoms with van der Waals surface area (Å²) < 4.78 is 26.6. The molecule has 4 aliphatic rings. The first-order chi connectivity index (χ1) is 43.3. The van der Waals surface area contributed by atoms with Gasteiger partial charge in [0.05, 0.1) is 89.5 Å². The summed E-state index contributed by atoms with van der Waals surface area (Å²) in [5.74, 6) is 1.45. The van der Waals surface area contributed by atoms with Crippen LogP contribution >= 0.6 is 0 Å². The minimum atomic E-state index is -0.702. The Balaban J connectivity index is 0.000000227. The summed E-state index contributed by atoms with van der Waals surface area (Å²) in [6.45, 7) is 23.4. The van der Waals surface area contributed by atoms with Gasteiger partial charge < -0.3 is 69.1 Å². The van der Waals surface area contributed by atoms with Crippen LogP contribution in [-0.4, -0.2) is 163 Å². The number of nitrogens with one attached hydrogen (secondary N) is 6. The maximum Gasteiger partial charge on any atom is 0.494 e. The topological polar surface area (TPSA) is 293 Å². The molecule has 0 aliphatic carbocycles. The Labute approximate surface area is 530 Å². The number of fused-ring (bicyclic) bond motifs is 3. The van der Waals surface area contributed by atoms with E-state index in [0.29, 0.717) is 25.5 Å². The molecule has 91 heavy (non-hydrogen) atoms. The van der Waals surface area contributed by atoms with Crippen LogP contribution in [0.1, 0.15) is 149 Å². The number of ether oxygens (including phenoxy) is 3. The summed E-state index contributed by atoms with van der Waals surface area (Å²) in [5, 5.41) is 8.09. The van der Waals surface area contributed by atoms with Crippen molar-refractivity contribution >= 4 is 81.7 Å². The van der Waals surface area contributed by atoms with E-state index in [2.05, 4.69) is 43.0 Å². The van der Waals surface area contributed by atoms with Crippen molar-refractivity contribution in [3.05, 3.63) is 89.9 Å². The minimum Gasteiger partial charge on any atom is -0.453 e. The van der Waals surface area contributed by atoms with Gasteiger partial charge in [0.25, 0.3) is 0 Å². The van der Waals surface area contributed by atoms with Crippen LogP contribution < -0.4 is 21.4 Å². The molecule has 8 heterocycles. The lowest BCUT2D eigenvalue weighted by Gasteiger charge is -2.32. The molecule has 4 aromatic heterocycles. The fourth-order valence-corrected chi connectivity index (χ4v) is 12.6. The van der Waals surface area contributed by atoms with Crippen LogP contribution in [-0.2, 0) is 37.9 Å². The summed E-state index contributed by atoms with van der Waals surface area (Å²) >= 11 is 0. The van der Waals surface area contributed by atoms with Gasteiger partial charge >= 0.3 is 25.4 Å². The number of aromatic amines is 3. The molecule has 0 unspecified atom stereocenters. The minimum absolute atomic E-state index is 0.0778. The number of H-pyrrole nitrogens is 3. The highest BCUT2D eigenvalue weighted by molar-refractivity contribution is 6.62. The van der Waals surface area contributed by atoms with Gasteiger partial charge in [0.1, 0.15) is 35.6 Å². The third kappa shape index (κ3) is 13.6. The number of amides is 6. The average Bonchev–Trinajstić information content (AvgIpc) is 1.66. The summed E-state index contributed by atoms with van der Waals surface area (Å²) in [7, 11) is 3.41. The summed E-state index contributed by atoms with van der Waals surface area (Å²) in [6.07, 6.45) is 4.89. The van der Waals surface area contributed by atoms with Crippen LogP contribution in [0, 0.1) is 24.7 Å². The monoisotopic (exact) mass is 1250 g/mol. The van der Waals surface area contributed by atoms with Crippen LogP contribution in [0.2, 0.25) is 0 Å². The molecule has 0 radical (unpaired) electrons. The highest BCUT2D eigenvalue weighted by Crippen LogP contribution is 2.39. The number of rotatable bonds is 15. The van der Waals surface area contributed by atoms with Gasteiger partial charge in [-0.05, 0) is 150 Å². The number of benzene rings is 3. The molecule has 4 fully saturated rings. The molecule has 484 valence electrons. The van der Waals surface area contributed by atoms with Crippen molar-refractivity contribution in [2.75, 3.05) is 41.0 Å². The zero-order valence-corrected chi connectivity index (χ0v) is 54.6. The Morgan fingerprint density at radius 3 is 1.26 bits per heavy atom. The highest BCUT2D eigenvalue weighted by atomic mass is 16.7. The summed E-state index contributed by atoms with van der Waals surface area (Å²) in [5.41, 5.74) is 9.82. The fraction of sp³-hybridized carbons (Fsp3) is 0.515. The lowest BCUT2D eigenvalue weighted by molar-refractivity contribution is -0.136. The van der Waals surface area contributed by atoms with Crippen LogP contribution in [0.5, 0.6) is 0 Å². The van der Waals surface area contributed by atoms with Crippen LogP contribution in [0.15, 0.2) is 66.9 Å². The van der Waals surface area contributed by atoms with Crippen molar-refractivity contribution in [1.29, 1.82) is 0 Å². The van der Waals surface area contributed by atoms with E-state index in [-0.39, 0.29) is 53.6 Å². The number of nitrogens with zero attached hydrogens (tertiary/aromatic N) is 7. The SMILES string of the molecule is COC(=O)N[C@H](C(=O)N1CCC[C@H]1c1nc2ccc(-c3cnc(-c4ccc5nc([C@@H]6CCCN6C(=O)[C@@H](NC(=O)OC)C(C)C)[nH]c5c4)c(C)c3)cc2[nH]1)C(C)C.COC(=O)N[C@H](C(=O)N1CCC[C@H]1c1nc2ccc(B3OC(C)(C)C(C)(C)O3)cc2[nH]1)C(C)C. The molecule has 6 atom stereocenters. The van der Waals surface area contributed by atoms with Crippen molar-refractivity contribution in [2.45, 2.75) is 162 Å². The number of imidazole rings is 3. The Morgan fingerprint density at radius 2 is 0.890 bits per heavy atom. The lowest BCUT2D eigenvalue weighted by atomic mass is 9.79. The summed E-state index contributed by atoms with van der Waals surface area (Å²) in [6, 6.07) is 17.4. The zero-order chi connectivity index (χ0) is 65.4. The predicted octanol–water partition coefficient (Wildman–Crippen LogP) is 9.47. The number of likely N-dealkylation sites (tertiary alicyclic amines) is 3. The number of hydrogen-bond donors (Lipinski definition) is 6. The molecule has 24 nitrogen and oxygen atoms in total. The number of aryl methyl sites for hydroxylation is 1. The van der Waals surface area contributed by atoms with Gasteiger partial charge in [-0.25, -0.2) is 29.3 Å². The van der Waals surface area contributed by atoms with E-state index in [0.717, 1.165) is 117 Å². The van der Waals surface area contributed by atoms with Crippen molar-refractivity contribution in [2.24, 2.45) is 17.8 Å². The maximum atomic E-state index is 13.6. The second kappa shape index (κ2) is 26.7. The van der Waals surface area contributed by atoms with Crippen molar-refractivity contribution in [1.82, 2.24) is 65.5 Å². The van der Waals surface area contributed by atoms with Gasteiger partial charge in [0, 0.05) is 37.0 Å². The van der Waals surface area contributed by atoms with Gasteiger partial charge in [-0.2, -0.15) is 0 Å². The van der Waals surface area contributed by atoms with Crippen LogP contribution in [0.4, 0.5) is 14.4 Å². The first-order valence-corrected chi connectivity index (χ1v) is 31.6. The molecule has 6 N–H and O–H groups in total. The van der Waals surface area contributed by atoms with E-state index >= 15 is 0 Å². The fourth-order valence-electron chi connectivity index (χ4n) is 12.6. The molecule has 3 aromatic carbocycles. The number of alkyl carbamates (subject to hydrolysis) is 3. The van der Waals surface area contributed by atoms with E-state index in [1.165, 1.54) is 21.3 Å². The van der Waals surface area contributed by atoms with E-state index in [1.54, 1.807) is 0 Å². The second-order valence-electron chi connectivity index (χ2n) is 26.2. The molecule has 25 heteroatoms. The summed E-state index contributed by atoms with van der Waals surface area (Å²) in [4.78, 5) is 112. The van der Waals surface area contributed by atoms with Gasteiger partial charge in [-0.15, -0.1) is 0 Å². The molecular weight excluding hydrogens is 1160 g/mol. The molecule has 0 spiro atoms. The normalized spacial score (nSPS) is 19.7. The number of carbonyl (C=O) groups is 6. The van der Waals surface area contributed by atoms with Crippen LogP contribution in [0.25, 0.3) is 55.5 Å². The van der Waals surface area contributed by atoms with E-state index < -0.39 is 54.7 Å². The number of hydrogen-bond acceptors (Lipinski definition) is 15. The highest BCUT2D eigenvalue weighted by Gasteiger charge is 2.52. The molecule has 0 saturated carbocycles. The first kappa shape index (κ1) is 65.4. The largest absolute Gasteiger partial charge is 0.494 e. The third-order valence-corrected chi connectivity index (χ3v) is 18.5. The van der Waals surface area contributed by atoms with Crippen molar-refractivity contribution < 1.29 is 52.3 Å². The second-order valence-corrected chi connectivity index (χ2v) is 26.2. The molecule has 0 bridgehead atoms. The maximum absolute atomic E-state index is 13.6. The zero-order valence-electron chi connectivity index (χ0n) is 54.6. The van der Waals surface area contributed by atoms with E-state index in [1.807, 2.05) is 146 Å². The quantitative estimate of drug-likeness (QED) is 0.0411. The average molecular weight is 1250 g/mol. The first-order valence-electron chi connectivity index (χ1n) is 31.6. The van der Waals surface area contributed by atoms with Gasteiger partial charge in [0.15, 0.2) is 0 Å². The van der Waals surface area contributed by atoms with E-state index in [4.69, 9.17) is 43.5 Å². The molecule has 6 amide bonds. The van der Waals surface area contributed by atoms with Gasteiger partial charge in [-0.1, -0.05) is 59.7 Å². The Hall–Kier alpha value is -8.58. The molecule has 7 aromatic rings. The smallest absolute Gasteiger partial charge is 0.453 e. The van der Waals surface area contributed by atoms with Gasteiger partial charge in [0.2, 0.25) is 17.7 Å². The van der Waals surface area contributed by atoms with Crippen molar-refractivity contribution in [3.8, 4) is 22.4 Å². The van der Waals surface area contributed by atoms with Crippen molar-refractivity contribution in [3.63, 3.8) is 0 Å². The Bertz CT molecular complexity index is 3840. The molecule has 4 saturated heterocycles. The Kier molecular flexibility index (Phi) is 19.2. The Morgan fingerprint density at radius 1 is 0.527 bits per heavy atom. The standard InChI is InChI=1S/C42H51N9O6.C24H35BN4O5/c1-22(2)34(48-41(54)56-6)39(52)50-16-8-10-32(50)37-44-28-14-12-25(19-30(28)46-37)27-18-24(5)36(43-21-27)26-13-15-29-31(20-26)47-38(45-29)33-11-9-17-51(33)40(53)35(23(3)4)49-42(55)57-7;1-14(2)19(28-22(31)32-7)21(30)29-12-8-9-18(29)20-26-16-11-10-15(13-17(16)27-20)25-33-23(3,4)24(5,6)34-25/h12-15,18-23,32-35H,8-11,16-17H2,1-7H3,(H,44,46)(H,45,47)(H,48,54)(H,49,55);10-11,13-14,18-19H,8-9,12H2,1-7H3,(H,26,27)(H,28,31)/t32-,33-,34-,35-;18-,19-/m00/s1. The number of carbonyl (C=O) groups excluding carboxylic acids is 6.